The van der Waals surface area contributed by atoms with Crippen LogP contribution in [0, 0.1) is 0 Å². The molecule has 0 aromatic heterocycles. The molecule has 29 heavy (non-hydrogen) atoms. The van der Waals surface area contributed by atoms with E-state index >= 15 is 0 Å². The molecule has 8 heteroatoms. The van der Waals surface area contributed by atoms with Crippen LogP contribution in [-0.4, -0.2) is 44.9 Å². The van der Waals surface area contributed by atoms with Gasteiger partial charge in [-0.05, 0) is 42.7 Å². The number of nitrogens with zero attached hydrogens (tertiary/aromatic N) is 1. The zero-order valence-corrected chi connectivity index (χ0v) is 18.1. The van der Waals surface area contributed by atoms with Crippen molar-refractivity contribution in [2.24, 2.45) is 0 Å². The normalized spacial score (nSPS) is 16.4. The summed E-state index contributed by atoms with van der Waals surface area (Å²) in [5.74, 6) is -0.416. The number of ether oxygens (including phenoxy) is 1. The topological polar surface area (TPSA) is 75.7 Å². The highest BCUT2D eigenvalue weighted by Gasteiger charge is 2.27. The number of hydrogen-bond acceptors (Lipinski definition) is 4. The number of hydrogen-bond donors (Lipinski definition) is 1. The molecule has 0 aliphatic carbocycles. The van der Waals surface area contributed by atoms with Crippen LogP contribution < -0.4 is 5.32 Å². The Morgan fingerprint density at radius 1 is 1.17 bits per heavy atom. The number of halogens is 1. The van der Waals surface area contributed by atoms with Gasteiger partial charge in [-0.3, -0.25) is 4.79 Å². The predicted molar refractivity (Wildman–Crippen MR) is 113 cm³/mol. The van der Waals surface area contributed by atoms with Gasteiger partial charge in [0.15, 0.2) is 0 Å². The number of carbonyl (C=O) groups excluding carboxylic acids is 1. The summed E-state index contributed by atoms with van der Waals surface area (Å²) in [7, 11) is -3.71. The van der Waals surface area contributed by atoms with Gasteiger partial charge in [-0.1, -0.05) is 42.8 Å². The third kappa shape index (κ3) is 4.98. The summed E-state index contributed by atoms with van der Waals surface area (Å²) in [5.41, 5.74) is 2.32. The maximum absolute atomic E-state index is 12.9. The number of amides is 1. The van der Waals surface area contributed by atoms with Crippen LogP contribution in [0.25, 0.3) is 0 Å². The third-order valence-corrected chi connectivity index (χ3v) is 7.25. The Morgan fingerprint density at radius 2 is 1.83 bits per heavy atom. The van der Waals surface area contributed by atoms with Crippen LogP contribution in [0.2, 0.25) is 5.02 Å². The fourth-order valence-corrected chi connectivity index (χ4v) is 4.81. The molecule has 1 N–H and O–H groups in total. The lowest BCUT2D eigenvalue weighted by Crippen LogP contribution is -2.40. The van der Waals surface area contributed by atoms with Crippen LogP contribution in [0.5, 0.6) is 0 Å². The van der Waals surface area contributed by atoms with Gasteiger partial charge < -0.3 is 10.1 Å². The van der Waals surface area contributed by atoms with E-state index in [1.54, 1.807) is 0 Å². The summed E-state index contributed by atoms with van der Waals surface area (Å²) in [4.78, 5) is 12.9. The van der Waals surface area contributed by atoms with E-state index in [0.717, 1.165) is 12.0 Å². The number of aryl methyl sites for hydroxylation is 1. The van der Waals surface area contributed by atoms with Crippen LogP contribution in [0.15, 0.2) is 47.4 Å². The Bertz CT molecular complexity index is 971. The molecular weight excluding hydrogens is 412 g/mol. The first-order chi connectivity index (χ1) is 13.8. The van der Waals surface area contributed by atoms with Crippen molar-refractivity contribution >= 4 is 27.5 Å². The molecule has 1 atom stereocenters. The lowest BCUT2D eigenvalue weighted by atomic mass is 10.0. The summed E-state index contributed by atoms with van der Waals surface area (Å²) in [6, 6.07) is 12.0. The summed E-state index contributed by atoms with van der Waals surface area (Å²) < 4.78 is 32.3. The number of sulfonamides is 1. The fourth-order valence-electron chi connectivity index (χ4n) is 3.17. The number of carbonyl (C=O) groups is 1. The van der Waals surface area contributed by atoms with E-state index < -0.39 is 15.9 Å². The van der Waals surface area contributed by atoms with Crippen molar-refractivity contribution in [3.8, 4) is 0 Å². The van der Waals surface area contributed by atoms with E-state index in [1.165, 1.54) is 28.1 Å². The fraction of sp³-hybridized carbons (Fsp3) is 0.381. The molecule has 2 aromatic carbocycles. The molecule has 1 aliphatic heterocycles. The predicted octanol–water partition coefficient (Wildman–Crippen LogP) is 3.41. The molecular formula is C21H25ClN2O4S. The first-order valence-electron chi connectivity index (χ1n) is 9.60. The molecule has 1 saturated heterocycles. The lowest BCUT2D eigenvalue weighted by molar-refractivity contribution is 0.0730. The molecule has 1 heterocycles. The summed E-state index contributed by atoms with van der Waals surface area (Å²) in [6.45, 7) is 5.25. The van der Waals surface area contributed by atoms with Gasteiger partial charge in [0.25, 0.3) is 5.91 Å². The Labute approximate surface area is 176 Å². The van der Waals surface area contributed by atoms with Crippen molar-refractivity contribution in [2.75, 3.05) is 26.3 Å². The van der Waals surface area contributed by atoms with Gasteiger partial charge >= 0.3 is 0 Å². The minimum Gasteiger partial charge on any atom is -0.379 e. The van der Waals surface area contributed by atoms with Gasteiger partial charge in [0, 0.05) is 13.1 Å². The molecule has 6 nitrogen and oxygen atoms in total. The first-order valence-corrected chi connectivity index (χ1v) is 11.4. The number of morpholine rings is 1. The summed E-state index contributed by atoms with van der Waals surface area (Å²) in [5, 5.41) is 3.10. The highest BCUT2D eigenvalue weighted by molar-refractivity contribution is 7.89. The second kappa shape index (κ2) is 9.26. The van der Waals surface area contributed by atoms with Gasteiger partial charge in [-0.2, -0.15) is 4.31 Å². The molecule has 0 spiro atoms. The van der Waals surface area contributed by atoms with Crippen LogP contribution in [0.4, 0.5) is 0 Å². The molecule has 1 amide bonds. The Kier molecular flexibility index (Phi) is 6.95. The molecule has 1 fully saturated rings. The molecule has 3 rings (SSSR count). The van der Waals surface area contributed by atoms with Gasteiger partial charge in [0.1, 0.15) is 0 Å². The van der Waals surface area contributed by atoms with Gasteiger partial charge in [-0.25, -0.2) is 8.42 Å². The summed E-state index contributed by atoms with van der Waals surface area (Å²) in [6.07, 6.45) is 0.945. The van der Waals surface area contributed by atoms with Gasteiger partial charge in [0.05, 0.1) is 34.7 Å². The standard InChI is InChI=1S/C21H25ClN2O4S/c1-3-16-4-6-17(7-5-16)15(2)23-21(25)19-14-18(8-9-20(19)22)29(26,27)24-10-12-28-13-11-24/h4-9,14-15H,3,10-13H2,1-2H3,(H,23,25)/t15-/m1/s1. The first kappa shape index (κ1) is 21.8. The molecule has 0 radical (unpaired) electrons. The highest BCUT2D eigenvalue weighted by Crippen LogP contribution is 2.24. The SMILES string of the molecule is CCc1ccc([C@@H](C)NC(=O)c2cc(S(=O)(=O)N3CCOCC3)ccc2Cl)cc1. The van der Waals surface area contributed by atoms with E-state index in [9.17, 15) is 13.2 Å². The van der Waals surface area contributed by atoms with E-state index in [4.69, 9.17) is 16.3 Å². The maximum Gasteiger partial charge on any atom is 0.253 e. The second-order valence-corrected chi connectivity index (χ2v) is 9.29. The molecule has 2 aromatic rings. The molecule has 1 aliphatic rings. The maximum atomic E-state index is 12.9. The Morgan fingerprint density at radius 3 is 2.45 bits per heavy atom. The number of nitrogens with one attached hydrogen (secondary N) is 1. The average Bonchev–Trinajstić information content (AvgIpc) is 2.74. The van der Waals surface area contributed by atoms with Crippen LogP contribution >= 0.6 is 11.6 Å². The zero-order valence-electron chi connectivity index (χ0n) is 16.5. The van der Waals surface area contributed by atoms with E-state index in [2.05, 4.69) is 12.2 Å². The molecule has 0 unspecified atom stereocenters. The van der Waals surface area contributed by atoms with E-state index in [-0.39, 0.29) is 34.6 Å². The van der Waals surface area contributed by atoms with E-state index in [1.807, 2.05) is 31.2 Å². The summed E-state index contributed by atoms with van der Waals surface area (Å²) >= 11 is 6.21. The van der Waals surface area contributed by atoms with Crippen molar-refractivity contribution in [2.45, 2.75) is 31.2 Å². The monoisotopic (exact) mass is 436 g/mol. The lowest BCUT2D eigenvalue weighted by Gasteiger charge is -2.26. The Balaban J connectivity index is 1.80. The zero-order chi connectivity index (χ0) is 21.0. The van der Waals surface area contributed by atoms with Crippen molar-refractivity contribution in [1.82, 2.24) is 9.62 Å². The minimum absolute atomic E-state index is 0.0499. The van der Waals surface area contributed by atoms with Crippen molar-refractivity contribution in [3.63, 3.8) is 0 Å². The third-order valence-electron chi connectivity index (χ3n) is 5.03. The number of benzene rings is 2. The largest absolute Gasteiger partial charge is 0.379 e. The second-order valence-electron chi connectivity index (χ2n) is 6.95. The van der Waals surface area contributed by atoms with Gasteiger partial charge in [-0.15, -0.1) is 0 Å². The van der Waals surface area contributed by atoms with Crippen molar-refractivity contribution in [1.29, 1.82) is 0 Å². The molecule has 156 valence electrons. The Hall–Kier alpha value is -1.93. The molecule has 0 bridgehead atoms. The van der Waals surface area contributed by atoms with Crippen LogP contribution in [-0.2, 0) is 21.2 Å². The average molecular weight is 437 g/mol. The van der Waals surface area contributed by atoms with Crippen molar-refractivity contribution < 1.29 is 17.9 Å². The molecule has 0 saturated carbocycles. The number of rotatable bonds is 6. The van der Waals surface area contributed by atoms with Crippen LogP contribution in [0.1, 0.15) is 41.4 Å². The van der Waals surface area contributed by atoms with E-state index in [0.29, 0.717) is 13.2 Å². The smallest absolute Gasteiger partial charge is 0.253 e. The quantitative estimate of drug-likeness (QED) is 0.752. The minimum atomic E-state index is -3.71. The van der Waals surface area contributed by atoms with Crippen molar-refractivity contribution in [3.05, 3.63) is 64.2 Å². The highest BCUT2D eigenvalue weighted by atomic mass is 35.5. The van der Waals surface area contributed by atoms with Crippen LogP contribution in [0.3, 0.4) is 0 Å². The van der Waals surface area contributed by atoms with Gasteiger partial charge in [0.2, 0.25) is 10.0 Å².